The standard InChI is InChI=1S/C16H16N2O4S/c1-4-22-16(20)13(9-17)15-18(14(19)10(2)23-15)11-5-7-12(21-3)8-6-11/h5-8,10H,4H2,1-3H3. The van der Waals surface area contributed by atoms with Crippen molar-refractivity contribution in [1.29, 1.82) is 5.26 Å². The topological polar surface area (TPSA) is 79.6 Å². The van der Waals surface area contributed by atoms with Crippen molar-refractivity contribution in [3.05, 3.63) is 34.9 Å². The van der Waals surface area contributed by atoms with Crippen molar-refractivity contribution in [1.82, 2.24) is 0 Å². The van der Waals surface area contributed by atoms with E-state index in [-0.39, 0.29) is 23.3 Å². The average molecular weight is 332 g/mol. The number of nitrogens with zero attached hydrogens (tertiary/aromatic N) is 2. The quantitative estimate of drug-likeness (QED) is 0.479. The average Bonchev–Trinajstić information content (AvgIpc) is 2.84. The maximum atomic E-state index is 12.4. The number of methoxy groups -OCH3 is 1. The van der Waals surface area contributed by atoms with Gasteiger partial charge in [0.1, 0.15) is 16.8 Å². The fraction of sp³-hybridized carbons (Fsp3) is 0.312. The van der Waals surface area contributed by atoms with Crippen LogP contribution in [-0.2, 0) is 14.3 Å². The van der Waals surface area contributed by atoms with Gasteiger partial charge in [0.15, 0.2) is 5.57 Å². The lowest BCUT2D eigenvalue weighted by molar-refractivity contribution is -0.138. The van der Waals surface area contributed by atoms with E-state index in [1.54, 1.807) is 45.2 Å². The predicted molar refractivity (Wildman–Crippen MR) is 86.8 cm³/mol. The molecule has 1 aromatic carbocycles. The minimum absolute atomic E-state index is 0.161. The first kappa shape index (κ1) is 16.9. The van der Waals surface area contributed by atoms with Crippen molar-refractivity contribution in [3.63, 3.8) is 0 Å². The molecular formula is C16H16N2O4S. The van der Waals surface area contributed by atoms with Gasteiger partial charge in [-0.05, 0) is 38.1 Å². The number of hydrogen-bond acceptors (Lipinski definition) is 6. The van der Waals surface area contributed by atoms with Gasteiger partial charge in [-0.25, -0.2) is 4.79 Å². The molecule has 6 nitrogen and oxygen atoms in total. The van der Waals surface area contributed by atoms with Crippen molar-refractivity contribution in [2.45, 2.75) is 19.1 Å². The fourth-order valence-corrected chi connectivity index (χ4v) is 3.17. The van der Waals surface area contributed by atoms with Crippen LogP contribution >= 0.6 is 11.8 Å². The van der Waals surface area contributed by atoms with Crippen LogP contribution in [0.5, 0.6) is 5.75 Å². The lowest BCUT2D eigenvalue weighted by Gasteiger charge is -2.18. The number of ether oxygens (including phenoxy) is 2. The summed E-state index contributed by atoms with van der Waals surface area (Å²) in [5.41, 5.74) is 0.407. The second-order valence-corrected chi connectivity index (χ2v) is 5.97. The largest absolute Gasteiger partial charge is 0.497 e. The third kappa shape index (κ3) is 3.32. The molecule has 1 aliphatic heterocycles. The number of thioether (sulfide) groups is 1. The SMILES string of the molecule is CCOC(=O)C(C#N)=C1SC(C)C(=O)N1c1ccc(OC)cc1. The molecule has 0 bridgehead atoms. The molecule has 1 aromatic rings. The number of nitriles is 1. The minimum Gasteiger partial charge on any atom is -0.497 e. The highest BCUT2D eigenvalue weighted by molar-refractivity contribution is 8.05. The summed E-state index contributed by atoms with van der Waals surface area (Å²) < 4.78 is 10.0. The van der Waals surface area contributed by atoms with E-state index in [4.69, 9.17) is 9.47 Å². The van der Waals surface area contributed by atoms with Crippen LogP contribution in [0.15, 0.2) is 34.9 Å². The van der Waals surface area contributed by atoms with Gasteiger partial charge in [0.25, 0.3) is 0 Å². The summed E-state index contributed by atoms with van der Waals surface area (Å²) in [6.45, 7) is 3.55. The first-order chi connectivity index (χ1) is 11.0. The lowest BCUT2D eigenvalue weighted by Crippen LogP contribution is -2.28. The van der Waals surface area contributed by atoms with E-state index < -0.39 is 5.97 Å². The molecule has 2 rings (SSSR count). The molecule has 0 spiro atoms. The van der Waals surface area contributed by atoms with Gasteiger partial charge in [-0.1, -0.05) is 11.8 Å². The number of carbonyl (C=O) groups is 2. The molecule has 1 heterocycles. The smallest absolute Gasteiger partial charge is 0.351 e. The van der Waals surface area contributed by atoms with Gasteiger partial charge in [0, 0.05) is 5.69 Å². The van der Waals surface area contributed by atoms with E-state index >= 15 is 0 Å². The first-order valence-corrected chi connectivity index (χ1v) is 7.87. The summed E-state index contributed by atoms with van der Waals surface area (Å²) in [6, 6.07) is 8.69. The summed E-state index contributed by atoms with van der Waals surface area (Å²) in [7, 11) is 1.55. The van der Waals surface area contributed by atoms with Crippen molar-refractivity contribution < 1.29 is 19.1 Å². The Morgan fingerprint density at radius 3 is 2.57 bits per heavy atom. The number of benzene rings is 1. The molecule has 1 amide bonds. The van der Waals surface area contributed by atoms with Crippen molar-refractivity contribution in [2.75, 3.05) is 18.6 Å². The second kappa shape index (κ2) is 7.20. The number of esters is 1. The maximum absolute atomic E-state index is 12.4. The Balaban J connectivity index is 2.50. The molecule has 1 fully saturated rings. The molecular weight excluding hydrogens is 316 g/mol. The zero-order valence-corrected chi connectivity index (χ0v) is 13.8. The highest BCUT2D eigenvalue weighted by Gasteiger charge is 2.38. The Morgan fingerprint density at radius 2 is 2.04 bits per heavy atom. The van der Waals surface area contributed by atoms with E-state index in [1.807, 2.05) is 6.07 Å². The summed E-state index contributed by atoms with van der Waals surface area (Å²) in [5.74, 6) is -0.261. The van der Waals surface area contributed by atoms with Gasteiger partial charge in [-0.15, -0.1) is 0 Å². The van der Waals surface area contributed by atoms with E-state index in [0.717, 1.165) is 0 Å². The Morgan fingerprint density at radius 1 is 1.39 bits per heavy atom. The number of amides is 1. The molecule has 1 saturated heterocycles. The van der Waals surface area contributed by atoms with Crippen LogP contribution < -0.4 is 9.64 Å². The first-order valence-electron chi connectivity index (χ1n) is 6.99. The van der Waals surface area contributed by atoms with Crippen LogP contribution in [-0.4, -0.2) is 30.8 Å². The highest BCUT2D eigenvalue weighted by Crippen LogP contribution is 2.40. The molecule has 0 aliphatic carbocycles. The highest BCUT2D eigenvalue weighted by atomic mass is 32.2. The molecule has 0 radical (unpaired) electrons. The Labute approximate surface area is 138 Å². The lowest BCUT2D eigenvalue weighted by atomic mass is 10.2. The van der Waals surface area contributed by atoms with Crippen molar-refractivity contribution >= 4 is 29.3 Å². The van der Waals surface area contributed by atoms with Gasteiger partial charge in [-0.3, -0.25) is 9.69 Å². The van der Waals surface area contributed by atoms with Crippen molar-refractivity contribution in [2.24, 2.45) is 0 Å². The monoisotopic (exact) mass is 332 g/mol. The summed E-state index contributed by atoms with van der Waals surface area (Å²) >= 11 is 1.17. The molecule has 1 unspecified atom stereocenters. The van der Waals surface area contributed by atoms with E-state index in [9.17, 15) is 14.9 Å². The van der Waals surface area contributed by atoms with Crippen LogP contribution in [0, 0.1) is 11.3 Å². The molecule has 1 aliphatic rings. The van der Waals surface area contributed by atoms with Gasteiger partial charge in [0.2, 0.25) is 5.91 Å². The van der Waals surface area contributed by atoms with Crippen LogP contribution in [0.4, 0.5) is 5.69 Å². The summed E-state index contributed by atoms with van der Waals surface area (Å²) in [4.78, 5) is 25.8. The Kier molecular flexibility index (Phi) is 5.29. The summed E-state index contributed by atoms with van der Waals surface area (Å²) in [6.07, 6.45) is 0. The van der Waals surface area contributed by atoms with E-state index in [2.05, 4.69) is 0 Å². The number of carbonyl (C=O) groups excluding carboxylic acids is 2. The zero-order valence-electron chi connectivity index (χ0n) is 13.0. The second-order valence-electron chi connectivity index (χ2n) is 4.64. The molecule has 23 heavy (non-hydrogen) atoms. The fourth-order valence-electron chi connectivity index (χ4n) is 2.08. The molecule has 7 heteroatoms. The van der Waals surface area contributed by atoms with Crippen molar-refractivity contribution in [3.8, 4) is 11.8 Å². The van der Waals surface area contributed by atoms with Gasteiger partial charge < -0.3 is 9.47 Å². The van der Waals surface area contributed by atoms with Crippen LogP contribution in [0.3, 0.4) is 0 Å². The molecule has 0 aromatic heterocycles. The molecule has 0 saturated carbocycles. The zero-order chi connectivity index (χ0) is 17.0. The Bertz CT molecular complexity index is 691. The van der Waals surface area contributed by atoms with Gasteiger partial charge in [-0.2, -0.15) is 5.26 Å². The number of hydrogen-bond donors (Lipinski definition) is 0. The normalized spacial score (nSPS) is 19.3. The summed E-state index contributed by atoms with van der Waals surface area (Å²) in [5, 5.41) is 9.24. The molecule has 120 valence electrons. The third-order valence-corrected chi connectivity index (χ3v) is 4.36. The molecule has 1 atom stereocenters. The van der Waals surface area contributed by atoms with Gasteiger partial charge in [0.05, 0.1) is 19.0 Å². The van der Waals surface area contributed by atoms with Crippen LogP contribution in [0.25, 0.3) is 0 Å². The van der Waals surface area contributed by atoms with E-state index in [0.29, 0.717) is 16.5 Å². The third-order valence-electron chi connectivity index (χ3n) is 3.20. The number of rotatable bonds is 4. The predicted octanol–water partition coefficient (Wildman–Crippen LogP) is 2.46. The van der Waals surface area contributed by atoms with Gasteiger partial charge >= 0.3 is 5.97 Å². The number of anilines is 1. The maximum Gasteiger partial charge on any atom is 0.351 e. The molecule has 0 N–H and O–H groups in total. The van der Waals surface area contributed by atoms with Crippen LogP contribution in [0.2, 0.25) is 0 Å². The minimum atomic E-state index is -0.724. The van der Waals surface area contributed by atoms with Crippen LogP contribution in [0.1, 0.15) is 13.8 Å². The van der Waals surface area contributed by atoms with E-state index in [1.165, 1.54) is 16.7 Å². The Hall–Kier alpha value is -2.46.